The maximum absolute atomic E-state index is 12.0. The maximum atomic E-state index is 12.0. The lowest BCUT2D eigenvalue weighted by molar-refractivity contribution is -0.384. The quantitative estimate of drug-likeness (QED) is 0.676. The summed E-state index contributed by atoms with van der Waals surface area (Å²) in [4.78, 5) is 22.2. The van der Waals surface area contributed by atoms with Crippen molar-refractivity contribution in [3.63, 3.8) is 0 Å². The summed E-state index contributed by atoms with van der Waals surface area (Å²) in [5, 5.41) is 14.0. The number of nitro groups is 1. The number of amides is 1. The van der Waals surface area contributed by atoms with Gasteiger partial charge in [-0.1, -0.05) is 23.7 Å². The van der Waals surface area contributed by atoms with Crippen LogP contribution in [0.3, 0.4) is 0 Å². The Morgan fingerprint density at radius 2 is 1.95 bits per heavy atom. The van der Waals surface area contributed by atoms with Gasteiger partial charge in [0.05, 0.1) is 30.2 Å². The highest BCUT2D eigenvalue weighted by atomic mass is 35.5. The molecule has 0 fully saturated rings. The predicted octanol–water partition coefficient (Wildman–Crippen LogP) is 3.44. The van der Waals surface area contributed by atoms with Gasteiger partial charge in [0, 0.05) is 11.1 Å². The molecule has 7 heteroatoms. The van der Waals surface area contributed by atoms with Gasteiger partial charge in [0.1, 0.15) is 5.75 Å². The van der Waals surface area contributed by atoms with E-state index < -0.39 is 4.92 Å². The Kier molecular flexibility index (Phi) is 4.95. The van der Waals surface area contributed by atoms with Gasteiger partial charge in [0.15, 0.2) is 0 Å². The summed E-state index contributed by atoms with van der Waals surface area (Å²) in [6.45, 7) is 0. The Morgan fingerprint density at radius 1 is 1.27 bits per heavy atom. The molecule has 0 radical (unpaired) electrons. The summed E-state index contributed by atoms with van der Waals surface area (Å²) < 4.78 is 5.07. The lowest BCUT2D eigenvalue weighted by Crippen LogP contribution is -2.15. The lowest BCUT2D eigenvalue weighted by Gasteiger charge is -2.10. The number of nitrogens with zero attached hydrogens (tertiary/aromatic N) is 1. The molecule has 6 nitrogen and oxygen atoms in total. The topological polar surface area (TPSA) is 81.5 Å². The first-order chi connectivity index (χ1) is 10.5. The van der Waals surface area contributed by atoms with E-state index in [-0.39, 0.29) is 23.8 Å². The van der Waals surface area contributed by atoms with Gasteiger partial charge in [0.25, 0.3) is 5.69 Å². The fraction of sp³-hybridized carbons (Fsp3) is 0.133. The minimum atomic E-state index is -0.526. The van der Waals surface area contributed by atoms with E-state index in [1.54, 1.807) is 24.3 Å². The first kappa shape index (κ1) is 15.8. The van der Waals surface area contributed by atoms with E-state index in [0.717, 1.165) is 5.56 Å². The number of ether oxygens (including phenoxy) is 1. The lowest BCUT2D eigenvalue weighted by atomic mass is 10.1. The number of methoxy groups -OCH3 is 1. The van der Waals surface area contributed by atoms with Crippen molar-refractivity contribution in [2.75, 3.05) is 12.4 Å². The average Bonchev–Trinajstić information content (AvgIpc) is 2.49. The normalized spacial score (nSPS) is 10.1. The molecular weight excluding hydrogens is 308 g/mol. The highest BCUT2D eigenvalue weighted by Crippen LogP contribution is 2.29. The molecule has 0 atom stereocenters. The molecule has 2 rings (SSSR count). The Labute approximate surface area is 131 Å². The molecule has 1 N–H and O–H groups in total. The van der Waals surface area contributed by atoms with Crippen molar-refractivity contribution < 1.29 is 14.5 Å². The molecule has 0 saturated heterocycles. The third kappa shape index (κ3) is 3.95. The van der Waals surface area contributed by atoms with Crippen molar-refractivity contribution in [2.24, 2.45) is 0 Å². The van der Waals surface area contributed by atoms with Gasteiger partial charge in [-0.15, -0.1) is 0 Å². The molecule has 114 valence electrons. The predicted molar refractivity (Wildman–Crippen MR) is 83.4 cm³/mol. The zero-order valence-electron chi connectivity index (χ0n) is 11.7. The third-order valence-corrected chi connectivity index (χ3v) is 3.20. The van der Waals surface area contributed by atoms with Crippen LogP contribution in [0.15, 0.2) is 42.5 Å². The molecule has 2 aromatic rings. The van der Waals surface area contributed by atoms with E-state index in [9.17, 15) is 14.9 Å². The van der Waals surface area contributed by atoms with Gasteiger partial charge in [-0.05, 0) is 23.8 Å². The number of hydrogen-bond acceptors (Lipinski definition) is 4. The van der Waals surface area contributed by atoms with Crippen LogP contribution in [0.5, 0.6) is 5.75 Å². The second-order valence-electron chi connectivity index (χ2n) is 4.49. The first-order valence-corrected chi connectivity index (χ1v) is 6.74. The number of hydrogen-bond donors (Lipinski definition) is 1. The molecule has 0 aliphatic heterocycles. The highest BCUT2D eigenvalue weighted by molar-refractivity contribution is 6.30. The first-order valence-electron chi connectivity index (χ1n) is 6.36. The van der Waals surface area contributed by atoms with Crippen molar-refractivity contribution in [2.45, 2.75) is 6.42 Å². The molecule has 1 amide bonds. The Morgan fingerprint density at radius 3 is 2.55 bits per heavy atom. The zero-order chi connectivity index (χ0) is 16.1. The van der Waals surface area contributed by atoms with Gasteiger partial charge in [-0.3, -0.25) is 14.9 Å². The van der Waals surface area contributed by atoms with Crippen molar-refractivity contribution in [3.05, 3.63) is 63.2 Å². The number of benzene rings is 2. The number of anilines is 1. The number of carbonyl (C=O) groups is 1. The fourth-order valence-corrected chi connectivity index (χ4v) is 2.00. The number of rotatable bonds is 5. The number of halogens is 1. The molecule has 0 aromatic heterocycles. The molecule has 0 aliphatic carbocycles. The maximum Gasteiger partial charge on any atom is 0.273 e. The molecule has 22 heavy (non-hydrogen) atoms. The monoisotopic (exact) mass is 320 g/mol. The number of non-ortho nitro benzene ring substituents is 1. The van der Waals surface area contributed by atoms with Crippen LogP contribution in [-0.2, 0) is 11.2 Å². The summed E-state index contributed by atoms with van der Waals surface area (Å²) in [5.74, 6) is -0.0202. The van der Waals surface area contributed by atoms with Crippen molar-refractivity contribution in [3.8, 4) is 5.75 Å². The van der Waals surface area contributed by atoms with E-state index in [1.807, 2.05) is 0 Å². The number of nitro benzene ring substituents is 1. The molecular formula is C15H13ClN2O4. The molecule has 0 aliphatic rings. The van der Waals surface area contributed by atoms with E-state index in [0.29, 0.717) is 10.7 Å². The van der Waals surface area contributed by atoms with E-state index in [2.05, 4.69) is 5.32 Å². The minimum absolute atomic E-state index is 0.104. The smallest absolute Gasteiger partial charge is 0.273 e. The van der Waals surface area contributed by atoms with Crippen LogP contribution in [0.1, 0.15) is 5.56 Å². The molecule has 0 saturated carbocycles. The highest BCUT2D eigenvalue weighted by Gasteiger charge is 2.13. The van der Waals surface area contributed by atoms with Crippen LogP contribution < -0.4 is 10.1 Å². The Balaban J connectivity index is 2.10. The number of nitrogens with one attached hydrogen (secondary N) is 1. The minimum Gasteiger partial charge on any atom is -0.494 e. The van der Waals surface area contributed by atoms with Crippen LogP contribution >= 0.6 is 11.6 Å². The van der Waals surface area contributed by atoms with Gasteiger partial charge < -0.3 is 10.1 Å². The average molecular weight is 321 g/mol. The van der Waals surface area contributed by atoms with Gasteiger partial charge in [-0.25, -0.2) is 0 Å². The van der Waals surface area contributed by atoms with Crippen LogP contribution in [0.2, 0.25) is 5.02 Å². The summed E-state index contributed by atoms with van der Waals surface area (Å²) in [7, 11) is 1.38. The zero-order valence-corrected chi connectivity index (χ0v) is 12.5. The Hall–Kier alpha value is -2.60. The standard InChI is InChI=1S/C15H13ClN2O4/c1-22-14-9-12(18(20)21)6-7-13(14)17-15(19)8-10-2-4-11(16)5-3-10/h2-7,9H,8H2,1H3,(H,17,19). The van der Waals surface area contributed by atoms with Gasteiger partial charge in [-0.2, -0.15) is 0 Å². The summed E-state index contributed by atoms with van der Waals surface area (Å²) in [6.07, 6.45) is 0.164. The van der Waals surface area contributed by atoms with Crippen molar-refractivity contribution in [1.82, 2.24) is 0 Å². The molecule has 0 unspecified atom stereocenters. The summed E-state index contributed by atoms with van der Waals surface area (Å²) in [5.41, 5.74) is 1.09. The largest absolute Gasteiger partial charge is 0.494 e. The number of carbonyl (C=O) groups excluding carboxylic acids is 1. The van der Waals surface area contributed by atoms with Crippen LogP contribution in [0, 0.1) is 10.1 Å². The molecule has 0 spiro atoms. The second kappa shape index (κ2) is 6.91. The van der Waals surface area contributed by atoms with Crippen LogP contribution in [-0.4, -0.2) is 17.9 Å². The fourth-order valence-electron chi connectivity index (χ4n) is 1.88. The summed E-state index contributed by atoms with van der Waals surface area (Å²) >= 11 is 5.79. The van der Waals surface area contributed by atoms with E-state index >= 15 is 0 Å². The van der Waals surface area contributed by atoms with Gasteiger partial charge >= 0.3 is 0 Å². The molecule has 0 heterocycles. The van der Waals surface area contributed by atoms with Gasteiger partial charge in [0.2, 0.25) is 5.91 Å². The molecule has 2 aromatic carbocycles. The van der Waals surface area contributed by atoms with E-state index in [4.69, 9.17) is 16.3 Å². The summed E-state index contributed by atoms with van der Waals surface area (Å²) in [6, 6.07) is 10.9. The third-order valence-electron chi connectivity index (χ3n) is 2.95. The Bertz CT molecular complexity index is 701. The van der Waals surface area contributed by atoms with Crippen molar-refractivity contribution >= 4 is 28.9 Å². The molecule has 0 bridgehead atoms. The van der Waals surface area contributed by atoms with Crippen molar-refractivity contribution in [1.29, 1.82) is 0 Å². The van der Waals surface area contributed by atoms with E-state index in [1.165, 1.54) is 25.3 Å². The van der Waals surface area contributed by atoms with Crippen LogP contribution in [0.25, 0.3) is 0 Å². The SMILES string of the molecule is COc1cc([N+](=O)[O-])ccc1NC(=O)Cc1ccc(Cl)cc1. The van der Waals surface area contributed by atoms with Crippen LogP contribution in [0.4, 0.5) is 11.4 Å². The second-order valence-corrected chi connectivity index (χ2v) is 4.93.